The number of aromatic nitrogens is 3. The second-order valence-electron chi connectivity index (χ2n) is 5.49. The fourth-order valence-corrected chi connectivity index (χ4v) is 2.27. The van der Waals surface area contributed by atoms with E-state index in [2.05, 4.69) is 38.4 Å². The Morgan fingerprint density at radius 1 is 1.29 bits per heavy atom. The largest absolute Gasteiger partial charge is 0.339 e. The fourth-order valence-electron chi connectivity index (χ4n) is 2.22. The van der Waals surface area contributed by atoms with E-state index in [0.717, 1.165) is 12.1 Å². The molecule has 0 radical (unpaired) electrons. The average molecular weight is 403 g/mol. The lowest BCUT2D eigenvalue weighted by molar-refractivity contribution is -0.387. The lowest BCUT2D eigenvalue weighted by atomic mass is 10.2. The molecule has 0 bridgehead atoms. The van der Waals surface area contributed by atoms with Crippen molar-refractivity contribution in [1.82, 2.24) is 19.3 Å². The number of nitrogens with one attached hydrogen (secondary N) is 2. The topological polar surface area (TPSA) is 126 Å². The molecule has 10 nitrogen and oxygen atoms in total. The first kappa shape index (κ1) is 19.2. The quantitative estimate of drug-likeness (QED) is 0.338. The molecule has 1 aromatic carbocycles. The van der Waals surface area contributed by atoms with Crippen LogP contribution in [0, 0.1) is 15.9 Å². The maximum atomic E-state index is 13.4. The minimum Gasteiger partial charge on any atom is -0.339 e. The first-order valence-corrected chi connectivity index (χ1v) is 8.39. The number of hydrogen-bond donors (Lipinski definition) is 3. The smallest absolute Gasteiger partial charge is 0.332 e. The van der Waals surface area contributed by atoms with E-state index in [4.69, 9.17) is 0 Å². The van der Waals surface area contributed by atoms with Crippen LogP contribution in [-0.4, -0.2) is 36.8 Å². The molecular weight excluding hydrogens is 389 g/mol. The molecule has 12 heteroatoms. The fraction of sp³-hybridized carbons (Fsp3) is 0.125. The van der Waals surface area contributed by atoms with Gasteiger partial charge in [0.15, 0.2) is 11.5 Å². The summed E-state index contributed by atoms with van der Waals surface area (Å²) in [5.41, 5.74) is 0.322. The van der Waals surface area contributed by atoms with Gasteiger partial charge in [0.1, 0.15) is 11.3 Å². The lowest BCUT2D eigenvalue weighted by Crippen LogP contribution is -2.27. The molecule has 0 aliphatic carbocycles. The first-order chi connectivity index (χ1) is 13.4. The van der Waals surface area contributed by atoms with Gasteiger partial charge >= 0.3 is 11.7 Å². The Labute approximate surface area is 163 Å². The zero-order valence-electron chi connectivity index (χ0n) is 14.5. The van der Waals surface area contributed by atoms with E-state index < -0.39 is 22.5 Å². The van der Waals surface area contributed by atoms with Crippen molar-refractivity contribution in [2.75, 3.05) is 17.2 Å². The van der Waals surface area contributed by atoms with E-state index in [1.165, 1.54) is 16.6 Å². The van der Waals surface area contributed by atoms with Crippen LogP contribution < -0.4 is 10.6 Å². The Kier molecular flexibility index (Phi) is 5.49. The van der Waals surface area contributed by atoms with Crippen molar-refractivity contribution in [3.05, 3.63) is 52.5 Å². The van der Waals surface area contributed by atoms with Crippen molar-refractivity contribution < 1.29 is 14.1 Å². The molecule has 2 amide bonds. The SMILES string of the molecule is CCN(S)C(=O)Nc1ccc2ncc(Nc3ccc(F)c([N+](=O)[O-])c3)nc2n1. The number of benzene rings is 1. The number of urea groups is 1. The van der Waals surface area contributed by atoms with Gasteiger partial charge < -0.3 is 5.32 Å². The molecule has 3 aromatic rings. The average Bonchev–Trinajstić information content (AvgIpc) is 2.68. The van der Waals surface area contributed by atoms with Gasteiger partial charge in [0, 0.05) is 18.3 Å². The zero-order valence-corrected chi connectivity index (χ0v) is 15.4. The minimum absolute atomic E-state index is 0.238. The summed E-state index contributed by atoms with van der Waals surface area (Å²) in [6.07, 6.45) is 1.41. The molecule has 0 unspecified atom stereocenters. The molecular formula is C16H14FN7O3S. The van der Waals surface area contributed by atoms with Gasteiger partial charge in [-0.05, 0) is 31.2 Å². The van der Waals surface area contributed by atoms with Crippen LogP contribution >= 0.6 is 12.8 Å². The number of halogens is 1. The van der Waals surface area contributed by atoms with E-state index in [-0.39, 0.29) is 23.0 Å². The maximum absolute atomic E-state index is 13.4. The van der Waals surface area contributed by atoms with Crippen LogP contribution in [0.15, 0.2) is 36.5 Å². The van der Waals surface area contributed by atoms with Gasteiger partial charge in [0.2, 0.25) is 5.82 Å². The van der Waals surface area contributed by atoms with Crippen molar-refractivity contribution >= 4 is 53.0 Å². The lowest BCUT2D eigenvalue weighted by Gasteiger charge is -2.13. The van der Waals surface area contributed by atoms with E-state index in [9.17, 15) is 19.3 Å². The number of nitrogens with zero attached hydrogens (tertiary/aromatic N) is 5. The summed E-state index contributed by atoms with van der Waals surface area (Å²) in [6, 6.07) is 6.13. The van der Waals surface area contributed by atoms with Crippen molar-refractivity contribution in [2.45, 2.75) is 6.92 Å². The molecule has 2 N–H and O–H groups in total. The summed E-state index contributed by atoms with van der Waals surface area (Å²) in [4.78, 5) is 34.6. The van der Waals surface area contributed by atoms with Crippen LogP contribution in [-0.2, 0) is 0 Å². The number of nitro benzene ring substituents is 1. The normalized spacial score (nSPS) is 10.5. The summed E-state index contributed by atoms with van der Waals surface area (Å²) in [6.45, 7) is 2.17. The molecule has 3 rings (SSSR count). The Morgan fingerprint density at radius 2 is 2.04 bits per heavy atom. The number of amides is 2. The summed E-state index contributed by atoms with van der Waals surface area (Å²) < 4.78 is 14.6. The van der Waals surface area contributed by atoms with Crippen LogP contribution in [0.2, 0.25) is 0 Å². The minimum atomic E-state index is -0.937. The Morgan fingerprint density at radius 3 is 2.75 bits per heavy atom. The summed E-state index contributed by atoms with van der Waals surface area (Å²) in [5, 5.41) is 16.2. The second kappa shape index (κ2) is 8.00. The van der Waals surface area contributed by atoms with Crippen molar-refractivity contribution in [3.8, 4) is 0 Å². The summed E-state index contributed by atoms with van der Waals surface area (Å²) in [5.74, 6) is -0.435. The van der Waals surface area contributed by atoms with E-state index >= 15 is 0 Å². The number of pyridine rings is 1. The number of carbonyl (C=O) groups excluding carboxylic acids is 1. The Hall–Kier alpha value is -3.54. The molecule has 0 saturated heterocycles. The standard InChI is InChI=1S/C16H14FN7O3S/c1-2-23(28)16(25)22-13-6-5-11-15(20-13)21-14(8-18-11)19-9-3-4-10(17)12(7-9)24(26)27/h3-8,28H,2H2,1H3,(H2,19,20,21,22,25). The summed E-state index contributed by atoms with van der Waals surface area (Å²) in [7, 11) is 0. The number of carbonyl (C=O) groups is 1. The van der Waals surface area contributed by atoms with Crippen LogP contribution in [0.1, 0.15) is 6.92 Å². The maximum Gasteiger partial charge on any atom is 0.332 e. The molecule has 2 aromatic heterocycles. The molecule has 28 heavy (non-hydrogen) atoms. The van der Waals surface area contributed by atoms with Crippen LogP contribution in [0.3, 0.4) is 0 Å². The van der Waals surface area contributed by atoms with Crippen LogP contribution in [0.5, 0.6) is 0 Å². The van der Waals surface area contributed by atoms with E-state index in [1.807, 2.05) is 0 Å². The summed E-state index contributed by atoms with van der Waals surface area (Å²) >= 11 is 4.01. The molecule has 0 aliphatic rings. The van der Waals surface area contributed by atoms with Gasteiger partial charge in [-0.25, -0.2) is 19.7 Å². The molecule has 0 saturated carbocycles. The number of hydrogen-bond acceptors (Lipinski definition) is 8. The molecule has 0 aliphatic heterocycles. The van der Waals surface area contributed by atoms with E-state index in [1.54, 1.807) is 19.1 Å². The number of thiol groups is 1. The van der Waals surface area contributed by atoms with Crippen molar-refractivity contribution in [3.63, 3.8) is 0 Å². The molecule has 0 spiro atoms. The number of fused-ring (bicyclic) bond motifs is 1. The molecule has 0 atom stereocenters. The monoisotopic (exact) mass is 403 g/mol. The number of rotatable bonds is 5. The molecule has 144 valence electrons. The van der Waals surface area contributed by atoms with Gasteiger partial charge in [-0.1, -0.05) is 12.8 Å². The Balaban J connectivity index is 1.86. The van der Waals surface area contributed by atoms with Gasteiger partial charge in [-0.3, -0.25) is 19.7 Å². The van der Waals surface area contributed by atoms with Crippen LogP contribution in [0.4, 0.5) is 32.2 Å². The molecule has 2 heterocycles. The van der Waals surface area contributed by atoms with Crippen molar-refractivity contribution in [2.24, 2.45) is 0 Å². The van der Waals surface area contributed by atoms with Crippen molar-refractivity contribution in [1.29, 1.82) is 0 Å². The highest BCUT2D eigenvalue weighted by atomic mass is 32.1. The third-order valence-corrected chi connectivity index (χ3v) is 4.06. The Bertz CT molecular complexity index is 1070. The van der Waals surface area contributed by atoms with E-state index in [0.29, 0.717) is 12.1 Å². The highest BCUT2D eigenvalue weighted by Gasteiger charge is 2.15. The predicted molar refractivity (Wildman–Crippen MR) is 104 cm³/mol. The van der Waals surface area contributed by atoms with Gasteiger partial charge in [-0.15, -0.1) is 0 Å². The third-order valence-electron chi connectivity index (χ3n) is 3.59. The number of anilines is 3. The first-order valence-electron chi connectivity index (χ1n) is 7.99. The highest BCUT2D eigenvalue weighted by Crippen LogP contribution is 2.24. The van der Waals surface area contributed by atoms with Gasteiger partial charge in [0.05, 0.1) is 11.1 Å². The predicted octanol–water partition coefficient (Wildman–Crippen LogP) is 3.51. The zero-order chi connectivity index (χ0) is 20.3. The van der Waals surface area contributed by atoms with Crippen LogP contribution in [0.25, 0.3) is 11.2 Å². The van der Waals surface area contributed by atoms with Gasteiger partial charge in [0.25, 0.3) is 0 Å². The third kappa shape index (κ3) is 4.23. The number of nitro groups is 1. The second-order valence-corrected chi connectivity index (χ2v) is 5.97. The van der Waals surface area contributed by atoms with Gasteiger partial charge in [-0.2, -0.15) is 4.39 Å². The highest BCUT2D eigenvalue weighted by molar-refractivity contribution is 7.78. The molecule has 0 fully saturated rings.